The van der Waals surface area contributed by atoms with E-state index in [2.05, 4.69) is 144 Å². The minimum absolute atomic E-state index is 0.0325. The first kappa shape index (κ1) is 109. The Balaban J connectivity index is -0.000000289. The van der Waals surface area contributed by atoms with E-state index in [1.54, 1.807) is 41.5 Å². The number of esters is 12. The maximum Gasteiger partial charge on any atom is 0.472 e. The highest BCUT2D eigenvalue weighted by atomic mass is 31.2. The molecule has 0 heterocycles. The van der Waals surface area contributed by atoms with Gasteiger partial charge in [0.2, 0.25) is 0 Å². The largest absolute Gasteiger partial charge is 0.472 e. The molecule has 36 nitrogen and oxygen atoms in total. The van der Waals surface area contributed by atoms with Crippen LogP contribution in [0, 0.1) is 0 Å². The van der Waals surface area contributed by atoms with Gasteiger partial charge < -0.3 is 71.5 Å². The molecule has 39 heteroatoms. The lowest BCUT2D eigenvalue weighted by Gasteiger charge is -2.20. The van der Waals surface area contributed by atoms with Crippen LogP contribution in [0.4, 0.5) is 0 Å². The van der Waals surface area contributed by atoms with Crippen molar-refractivity contribution in [3.63, 3.8) is 0 Å². The Morgan fingerprint density at radius 3 is 0.458 bits per heavy atom. The molecular formula is C68H103O36P3. The molecule has 2 unspecified atom stereocenters. The minimum Gasteiger partial charge on any atom is -0.460 e. The average Bonchev–Trinajstić information content (AvgIpc) is 0.884. The molecule has 107 heavy (non-hydrogen) atoms. The monoisotopic (exact) mass is 1590 g/mol. The van der Waals surface area contributed by atoms with Crippen LogP contribution in [0.15, 0.2) is 146 Å². The molecule has 0 aromatic rings. The highest BCUT2D eigenvalue weighted by molar-refractivity contribution is 7.47. The fourth-order valence-corrected chi connectivity index (χ4v) is 6.88. The molecule has 2 atom stereocenters. The molecule has 0 amide bonds. The fraction of sp³-hybridized carbons (Fsp3) is 0.471. The Labute approximate surface area is 623 Å². The quantitative estimate of drug-likeness (QED) is 0.0169. The second-order valence-corrected chi connectivity index (χ2v) is 25.8. The molecule has 606 valence electrons. The number of phosphoric ester groups is 3. The summed E-state index contributed by atoms with van der Waals surface area (Å²) >= 11 is 0. The summed E-state index contributed by atoms with van der Waals surface area (Å²) in [6.07, 6.45) is -1.75. The van der Waals surface area contributed by atoms with E-state index < -0.39 is 107 Å². The number of carbonyl (C=O) groups excluding carboxylic acids is 12. The maximum atomic E-state index is 11.8. The molecule has 0 aliphatic carbocycles. The van der Waals surface area contributed by atoms with Crippen molar-refractivity contribution < 1.29 is 170 Å². The van der Waals surface area contributed by atoms with Crippen molar-refractivity contribution in [1.82, 2.24) is 0 Å². The molecule has 0 rings (SSSR count). The molecule has 0 aromatic heterocycles. The molecule has 0 aromatic carbocycles. The van der Waals surface area contributed by atoms with Crippen LogP contribution in [-0.2, 0) is 155 Å². The average molecular weight is 1590 g/mol. The van der Waals surface area contributed by atoms with Crippen LogP contribution in [0.3, 0.4) is 0 Å². The topological polar surface area (TPSA) is 483 Å². The second kappa shape index (κ2) is 60.9. The molecule has 0 bridgehead atoms. The van der Waals surface area contributed by atoms with Crippen LogP contribution >= 0.6 is 23.5 Å². The number of phosphoric acid groups is 3. The summed E-state index contributed by atoms with van der Waals surface area (Å²) < 4.78 is 119. The Hall–Kier alpha value is -9.15. The van der Waals surface area contributed by atoms with Crippen molar-refractivity contribution in [3.8, 4) is 0 Å². The zero-order chi connectivity index (χ0) is 84.6. The number of carbonyl (C=O) groups is 12. The summed E-state index contributed by atoms with van der Waals surface area (Å²) in [6.45, 7) is 59.2. The van der Waals surface area contributed by atoms with Gasteiger partial charge in [0.25, 0.3) is 0 Å². The zero-order valence-electron chi connectivity index (χ0n) is 63.1. The van der Waals surface area contributed by atoms with Crippen LogP contribution in [0.1, 0.15) is 96.9 Å². The van der Waals surface area contributed by atoms with Crippen molar-refractivity contribution in [2.45, 2.75) is 109 Å². The lowest BCUT2D eigenvalue weighted by molar-refractivity contribution is -0.147. The first-order valence-corrected chi connectivity index (χ1v) is 35.4. The maximum absolute atomic E-state index is 11.8. The molecule has 0 saturated carbocycles. The van der Waals surface area contributed by atoms with Crippen LogP contribution in [0.2, 0.25) is 0 Å². The number of ether oxygens (including phenoxy) is 12. The van der Waals surface area contributed by atoms with E-state index in [1.165, 1.54) is 55.4 Å². The van der Waals surface area contributed by atoms with E-state index in [0.717, 1.165) is 0 Å². The SMILES string of the molecule is C=C(C)C(=O)OCC(C)OP(=O)(O)OC(C)COC(=O)C(=C)C.C=C(C)C(=O)OCCOC(=O)C(=C)C.C=C(C)C(=O)OCCOC(=O)C(=C)C.C=C(C)C(=O)OCCOC(=O)C(=C)C.C=C(C)C(=O)OCCOP(=O)(O)OCCOC(=O)C(=C)C.C=C(C)C(=O)OCCOP(=O)(O)OCCOC(=O)C(=C)C. The first-order valence-electron chi connectivity index (χ1n) is 30.9. The van der Waals surface area contributed by atoms with Gasteiger partial charge in [-0.15, -0.1) is 0 Å². The van der Waals surface area contributed by atoms with Gasteiger partial charge in [-0.25, -0.2) is 71.2 Å². The molecule has 0 fully saturated rings. The highest BCUT2D eigenvalue weighted by Crippen LogP contribution is 2.46. The van der Waals surface area contributed by atoms with Crippen LogP contribution in [0.25, 0.3) is 0 Å². The van der Waals surface area contributed by atoms with Crippen molar-refractivity contribution >= 4 is 95.1 Å². The molecular weight excluding hydrogens is 1490 g/mol. The number of hydrogen-bond acceptors (Lipinski definition) is 33. The van der Waals surface area contributed by atoms with Gasteiger partial charge in [0.15, 0.2) is 0 Å². The Morgan fingerprint density at radius 2 is 0.336 bits per heavy atom. The van der Waals surface area contributed by atoms with Gasteiger partial charge in [-0.2, -0.15) is 0 Å². The molecule has 0 spiro atoms. The van der Waals surface area contributed by atoms with Gasteiger partial charge in [0.05, 0.1) is 26.4 Å². The van der Waals surface area contributed by atoms with Gasteiger partial charge in [-0.1, -0.05) is 78.9 Å². The summed E-state index contributed by atoms with van der Waals surface area (Å²) in [6, 6.07) is 0. The third kappa shape index (κ3) is 69.6. The van der Waals surface area contributed by atoms with Crippen molar-refractivity contribution in [3.05, 3.63) is 146 Å². The van der Waals surface area contributed by atoms with Gasteiger partial charge in [0, 0.05) is 66.9 Å². The zero-order valence-corrected chi connectivity index (χ0v) is 65.8. The highest BCUT2D eigenvalue weighted by Gasteiger charge is 2.29. The van der Waals surface area contributed by atoms with E-state index in [-0.39, 0.29) is 139 Å². The van der Waals surface area contributed by atoms with E-state index in [4.69, 9.17) is 18.5 Å². The van der Waals surface area contributed by atoms with Crippen molar-refractivity contribution in [2.75, 3.05) is 106 Å². The summed E-state index contributed by atoms with van der Waals surface area (Å²) in [5.74, 6) is -6.70. The predicted molar refractivity (Wildman–Crippen MR) is 384 cm³/mol. The molecule has 0 aliphatic rings. The smallest absolute Gasteiger partial charge is 0.460 e. The number of rotatable bonds is 45. The Kier molecular flexibility index (Phi) is 61.9. The lowest BCUT2D eigenvalue weighted by atomic mass is 10.3. The summed E-state index contributed by atoms with van der Waals surface area (Å²) in [7, 11) is -13.0. The van der Waals surface area contributed by atoms with Crippen LogP contribution in [-0.4, -0.2) is 204 Å². The van der Waals surface area contributed by atoms with Crippen LogP contribution < -0.4 is 0 Å². The van der Waals surface area contributed by atoms with E-state index in [9.17, 15) is 85.9 Å². The van der Waals surface area contributed by atoms with Gasteiger partial charge in [-0.05, 0) is 96.9 Å². The second-order valence-electron chi connectivity index (χ2n) is 21.5. The van der Waals surface area contributed by atoms with E-state index >= 15 is 0 Å². The van der Waals surface area contributed by atoms with Crippen molar-refractivity contribution in [2.24, 2.45) is 0 Å². The van der Waals surface area contributed by atoms with E-state index in [1.807, 2.05) is 0 Å². The third-order valence-electron chi connectivity index (χ3n) is 9.64. The summed E-state index contributed by atoms with van der Waals surface area (Å²) in [4.78, 5) is 160. The summed E-state index contributed by atoms with van der Waals surface area (Å²) in [5, 5.41) is 0. The molecule has 0 aliphatic heterocycles. The third-order valence-corrected chi connectivity index (χ3v) is 12.9. The fourth-order valence-electron chi connectivity index (χ4n) is 4.43. The molecule has 0 saturated heterocycles. The Morgan fingerprint density at radius 1 is 0.224 bits per heavy atom. The van der Waals surface area contributed by atoms with Gasteiger partial charge >= 0.3 is 95.1 Å². The normalized spacial score (nSPS) is 11.2. The first-order chi connectivity index (χ1) is 49.1. The predicted octanol–water partition coefficient (Wildman–Crippen LogP) is 8.53. The minimum atomic E-state index is -4.40. The summed E-state index contributed by atoms with van der Waals surface area (Å²) in [5.41, 5.74) is 3.13. The Bertz CT molecular complexity index is 2900. The van der Waals surface area contributed by atoms with Gasteiger partial charge in [-0.3, -0.25) is 27.1 Å². The number of hydrogen-bond donors (Lipinski definition) is 3. The van der Waals surface area contributed by atoms with E-state index in [0.29, 0.717) is 33.4 Å². The molecule has 3 N–H and O–H groups in total. The van der Waals surface area contributed by atoms with Crippen LogP contribution in [0.5, 0.6) is 0 Å². The standard InChI is InChI=1S/C14H23O8P.2C12H19O8P.3C10H14O4/c1-9(2)13(15)19-7-11(5)21-23(17,18)22-12(6)8-20-14(16)10(3)4;2*1-9(2)11(13)17-5-7-19-21(15,16)20-8-6-18-12(14)10(3)4;3*1-7(2)9(11)13-5-6-14-10(12)8(3)4/h11-12H,1,3,7-8H2,2,4-6H3,(H,17,18);2*1,3,5-8H2,2,4H3,(H,15,16);3*1,3,5-6H2,2,4H3. The van der Waals surface area contributed by atoms with Gasteiger partial charge in [0.1, 0.15) is 91.5 Å². The van der Waals surface area contributed by atoms with Crippen molar-refractivity contribution in [1.29, 1.82) is 0 Å². The molecule has 0 radical (unpaired) electrons. The lowest BCUT2D eigenvalue weighted by Crippen LogP contribution is -2.22.